The van der Waals surface area contributed by atoms with Crippen LogP contribution in [0.15, 0.2) is 36.4 Å². The van der Waals surface area contributed by atoms with Crippen molar-refractivity contribution in [2.24, 2.45) is 0 Å². The molecule has 0 amide bonds. The van der Waals surface area contributed by atoms with E-state index in [4.69, 9.17) is 4.74 Å². The van der Waals surface area contributed by atoms with Gasteiger partial charge in [0.25, 0.3) is 0 Å². The van der Waals surface area contributed by atoms with Crippen molar-refractivity contribution in [1.29, 1.82) is 0 Å². The molecule has 2 aromatic carbocycles. The van der Waals surface area contributed by atoms with Gasteiger partial charge in [0.1, 0.15) is 5.82 Å². The molecule has 0 aromatic heterocycles. The summed E-state index contributed by atoms with van der Waals surface area (Å²) in [5.41, 5.74) is 1.54. The van der Waals surface area contributed by atoms with E-state index in [1.807, 2.05) is 0 Å². The molecule has 3 nitrogen and oxygen atoms in total. The van der Waals surface area contributed by atoms with Crippen molar-refractivity contribution in [3.05, 3.63) is 47.8 Å². The molecule has 0 aliphatic rings. The summed E-state index contributed by atoms with van der Waals surface area (Å²) in [7, 11) is 1.40. The van der Waals surface area contributed by atoms with Gasteiger partial charge in [-0.05, 0) is 35.4 Å². The number of aromatic hydroxyl groups is 1. The Bertz CT molecular complexity index is 576. The van der Waals surface area contributed by atoms with E-state index < -0.39 is 0 Å². The first kappa shape index (κ1) is 12.1. The van der Waals surface area contributed by atoms with Gasteiger partial charge in [-0.25, -0.2) is 4.39 Å². The molecule has 2 rings (SSSR count). The van der Waals surface area contributed by atoms with Crippen molar-refractivity contribution in [2.45, 2.75) is 0 Å². The lowest BCUT2D eigenvalue weighted by Gasteiger charge is -2.09. The van der Waals surface area contributed by atoms with Gasteiger partial charge in [0.2, 0.25) is 0 Å². The van der Waals surface area contributed by atoms with E-state index in [0.717, 1.165) is 5.56 Å². The van der Waals surface area contributed by atoms with Crippen LogP contribution in [-0.4, -0.2) is 18.5 Å². The van der Waals surface area contributed by atoms with Crippen LogP contribution in [0.25, 0.3) is 11.1 Å². The highest BCUT2D eigenvalue weighted by Gasteiger charge is 2.11. The third-order valence-corrected chi connectivity index (χ3v) is 2.63. The fourth-order valence-electron chi connectivity index (χ4n) is 1.68. The monoisotopic (exact) mass is 246 g/mol. The Hall–Kier alpha value is -2.36. The third kappa shape index (κ3) is 2.18. The first-order chi connectivity index (χ1) is 8.65. The van der Waals surface area contributed by atoms with Gasteiger partial charge in [0, 0.05) is 0 Å². The SMILES string of the molecule is COc1cc(-c2ccc(F)cc2)cc(C=O)c1O. The summed E-state index contributed by atoms with van der Waals surface area (Å²) in [5.74, 6) is -0.322. The second-order valence-corrected chi connectivity index (χ2v) is 3.74. The van der Waals surface area contributed by atoms with Gasteiger partial charge >= 0.3 is 0 Å². The van der Waals surface area contributed by atoms with Crippen LogP contribution in [0.3, 0.4) is 0 Å². The molecule has 0 saturated heterocycles. The van der Waals surface area contributed by atoms with E-state index in [1.54, 1.807) is 18.2 Å². The highest BCUT2D eigenvalue weighted by Crippen LogP contribution is 2.34. The summed E-state index contributed by atoms with van der Waals surface area (Å²) in [6, 6.07) is 8.96. The van der Waals surface area contributed by atoms with Gasteiger partial charge in [0.15, 0.2) is 17.8 Å². The Balaban J connectivity index is 2.57. The van der Waals surface area contributed by atoms with Crippen LogP contribution in [0.1, 0.15) is 10.4 Å². The van der Waals surface area contributed by atoms with E-state index >= 15 is 0 Å². The molecule has 0 radical (unpaired) electrons. The van der Waals surface area contributed by atoms with Gasteiger partial charge in [-0.1, -0.05) is 12.1 Å². The molecule has 92 valence electrons. The molecule has 18 heavy (non-hydrogen) atoms. The fraction of sp³-hybridized carbons (Fsp3) is 0.0714. The maximum Gasteiger partial charge on any atom is 0.168 e. The smallest absolute Gasteiger partial charge is 0.168 e. The molecule has 0 heterocycles. The van der Waals surface area contributed by atoms with Gasteiger partial charge in [0.05, 0.1) is 12.7 Å². The molecule has 0 aliphatic carbocycles. The molecule has 0 bridgehead atoms. The summed E-state index contributed by atoms with van der Waals surface area (Å²) < 4.78 is 17.8. The average Bonchev–Trinajstić information content (AvgIpc) is 2.40. The van der Waals surface area contributed by atoms with Crippen LogP contribution < -0.4 is 4.74 Å². The number of carbonyl (C=O) groups is 1. The van der Waals surface area contributed by atoms with Crippen LogP contribution >= 0.6 is 0 Å². The van der Waals surface area contributed by atoms with Crippen molar-refractivity contribution in [1.82, 2.24) is 0 Å². The second-order valence-electron chi connectivity index (χ2n) is 3.74. The lowest BCUT2D eigenvalue weighted by atomic mass is 10.0. The van der Waals surface area contributed by atoms with E-state index in [1.165, 1.54) is 25.3 Å². The van der Waals surface area contributed by atoms with E-state index in [9.17, 15) is 14.3 Å². The van der Waals surface area contributed by atoms with E-state index in [2.05, 4.69) is 0 Å². The van der Waals surface area contributed by atoms with Crippen LogP contribution in [0.4, 0.5) is 4.39 Å². The molecular formula is C14H11FO3. The number of rotatable bonds is 3. The first-order valence-electron chi connectivity index (χ1n) is 5.28. The van der Waals surface area contributed by atoms with Crippen molar-refractivity contribution < 1.29 is 19.0 Å². The number of ether oxygens (including phenoxy) is 1. The molecule has 0 atom stereocenters. The summed E-state index contributed by atoms with van der Waals surface area (Å²) in [6.45, 7) is 0. The summed E-state index contributed by atoms with van der Waals surface area (Å²) in [5, 5.41) is 9.69. The number of phenols is 1. The summed E-state index contributed by atoms with van der Waals surface area (Å²) >= 11 is 0. The largest absolute Gasteiger partial charge is 0.504 e. The van der Waals surface area contributed by atoms with Crippen LogP contribution in [0, 0.1) is 5.82 Å². The molecule has 2 aromatic rings. The van der Waals surface area contributed by atoms with Crippen LogP contribution in [0.2, 0.25) is 0 Å². The highest BCUT2D eigenvalue weighted by molar-refractivity contribution is 5.85. The minimum atomic E-state index is -0.333. The van der Waals surface area contributed by atoms with Crippen LogP contribution in [-0.2, 0) is 0 Å². The van der Waals surface area contributed by atoms with Gasteiger partial charge in [-0.3, -0.25) is 4.79 Å². The number of phenolic OH excluding ortho intramolecular Hbond substituents is 1. The van der Waals surface area contributed by atoms with E-state index in [-0.39, 0.29) is 22.9 Å². The zero-order valence-corrected chi connectivity index (χ0v) is 9.68. The van der Waals surface area contributed by atoms with E-state index in [0.29, 0.717) is 11.8 Å². The lowest BCUT2D eigenvalue weighted by molar-refractivity contribution is 0.112. The molecule has 1 N–H and O–H groups in total. The zero-order chi connectivity index (χ0) is 13.1. The van der Waals surface area contributed by atoms with Gasteiger partial charge in [-0.2, -0.15) is 0 Å². The predicted octanol–water partition coefficient (Wildman–Crippen LogP) is 3.02. The average molecular weight is 246 g/mol. The molecule has 0 saturated carbocycles. The predicted molar refractivity (Wildman–Crippen MR) is 65.4 cm³/mol. The summed E-state index contributed by atoms with van der Waals surface area (Å²) in [6.07, 6.45) is 0.547. The Morgan fingerprint density at radius 2 is 1.83 bits per heavy atom. The zero-order valence-electron chi connectivity index (χ0n) is 9.68. The number of methoxy groups -OCH3 is 1. The number of benzene rings is 2. The number of hydrogen-bond donors (Lipinski definition) is 1. The maximum atomic E-state index is 12.8. The number of halogens is 1. The lowest BCUT2D eigenvalue weighted by Crippen LogP contribution is -1.91. The molecule has 0 fully saturated rings. The van der Waals surface area contributed by atoms with Crippen molar-refractivity contribution in [2.75, 3.05) is 7.11 Å². The van der Waals surface area contributed by atoms with Gasteiger partial charge < -0.3 is 9.84 Å². The Labute approximate surface area is 103 Å². The quantitative estimate of drug-likeness (QED) is 0.847. The molecule has 0 spiro atoms. The Morgan fingerprint density at radius 3 is 2.39 bits per heavy atom. The summed E-state index contributed by atoms with van der Waals surface area (Å²) in [4.78, 5) is 10.9. The van der Waals surface area contributed by atoms with Crippen molar-refractivity contribution >= 4 is 6.29 Å². The highest BCUT2D eigenvalue weighted by atomic mass is 19.1. The Morgan fingerprint density at radius 1 is 1.17 bits per heavy atom. The number of hydrogen-bond acceptors (Lipinski definition) is 3. The van der Waals surface area contributed by atoms with Gasteiger partial charge in [-0.15, -0.1) is 0 Å². The first-order valence-corrected chi connectivity index (χ1v) is 5.28. The standard InChI is InChI=1S/C14H11FO3/c1-18-13-7-10(6-11(8-16)14(13)17)9-2-4-12(15)5-3-9/h2-8,17H,1H3. The van der Waals surface area contributed by atoms with Crippen molar-refractivity contribution in [3.8, 4) is 22.6 Å². The topological polar surface area (TPSA) is 46.5 Å². The second kappa shape index (κ2) is 4.87. The third-order valence-electron chi connectivity index (χ3n) is 2.63. The minimum absolute atomic E-state index is 0.133. The molecule has 4 heteroatoms. The molecular weight excluding hydrogens is 235 g/mol. The normalized spacial score (nSPS) is 10.1. The molecule has 0 aliphatic heterocycles. The van der Waals surface area contributed by atoms with Crippen molar-refractivity contribution in [3.63, 3.8) is 0 Å². The van der Waals surface area contributed by atoms with Crippen LogP contribution in [0.5, 0.6) is 11.5 Å². The maximum absolute atomic E-state index is 12.8. The number of aldehydes is 1. The number of carbonyl (C=O) groups excluding carboxylic acids is 1. The molecule has 0 unspecified atom stereocenters. The fourth-order valence-corrected chi connectivity index (χ4v) is 1.68. The Kier molecular flexibility index (Phi) is 3.28. The minimum Gasteiger partial charge on any atom is -0.504 e.